The standard InChI is InChI=1S/C28H31N3O4S2/c1-19(2)17-31(18-20(3)4)37(33,34)22-14-15-24-26(16-22)36-28(29-24)30-27(32)23-12-8-9-13-25(23)35-21-10-6-5-7-11-21/h5-16,19-20H,17-18H2,1-4H3,(H,29,30,32). The van der Waals surface area contributed by atoms with Gasteiger partial charge < -0.3 is 4.74 Å². The van der Waals surface area contributed by atoms with Crippen LogP contribution in [0.3, 0.4) is 0 Å². The number of benzene rings is 3. The number of nitrogens with zero attached hydrogens (tertiary/aromatic N) is 2. The number of rotatable bonds is 10. The van der Waals surface area contributed by atoms with Crippen molar-refractivity contribution in [2.45, 2.75) is 32.6 Å². The first-order valence-electron chi connectivity index (χ1n) is 12.2. The molecular weight excluding hydrogens is 506 g/mol. The van der Waals surface area contributed by atoms with Gasteiger partial charge in [0, 0.05) is 13.1 Å². The summed E-state index contributed by atoms with van der Waals surface area (Å²) in [5.74, 6) is 1.10. The molecule has 37 heavy (non-hydrogen) atoms. The first-order chi connectivity index (χ1) is 17.6. The highest BCUT2D eigenvalue weighted by molar-refractivity contribution is 7.89. The van der Waals surface area contributed by atoms with Crippen LogP contribution in [0.25, 0.3) is 10.2 Å². The van der Waals surface area contributed by atoms with Crippen molar-refractivity contribution in [2.24, 2.45) is 11.8 Å². The van der Waals surface area contributed by atoms with Crippen LogP contribution in [0.4, 0.5) is 5.13 Å². The average Bonchev–Trinajstić information content (AvgIpc) is 3.25. The molecule has 0 saturated carbocycles. The zero-order valence-electron chi connectivity index (χ0n) is 21.3. The number of aromatic nitrogens is 1. The highest BCUT2D eigenvalue weighted by Gasteiger charge is 2.26. The molecule has 0 aliphatic heterocycles. The van der Waals surface area contributed by atoms with E-state index in [1.54, 1.807) is 46.8 Å². The third-order valence-electron chi connectivity index (χ3n) is 5.46. The molecular formula is C28H31N3O4S2. The minimum Gasteiger partial charge on any atom is -0.457 e. The number of nitrogens with one attached hydrogen (secondary N) is 1. The van der Waals surface area contributed by atoms with Crippen molar-refractivity contribution in [3.63, 3.8) is 0 Å². The molecule has 0 unspecified atom stereocenters. The van der Waals surface area contributed by atoms with Crippen molar-refractivity contribution in [1.82, 2.24) is 9.29 Å². The number of carbonyl (C=O) groups is 1. The topological polar surface area (TPSA) is 88.6 Å². The van der Waals surface area contributed by atoms with Crippen LogP contribution in [-0.4, -0.2) is 36.7 Å². The zero-order chi connectivity index (χ0) is 26.6. The highest BCUT2D eigenvalue weighted by atomic mass is 32.2. The van der Waals surface area contributed by atoms with Gasteiger partial charge in [0.25, 0.3) is 5.91 Å². The Morgan fingerprint density at radius 3 is 2.27 bits per heavy atom. The number of para-hydroxylation sites is 2. The Kier molecular flexibility index (Phi) is 8.26. The fourth-order valence-corrected chi connectivity index (χ4v) is 6.64. The molecule has 0 spiro atoms. The van der Waals surface area contributed by atoms with Crippen LogP contribution < -0.4 is 10.1 Å². The minimum absolute atomic E-state index is 0.205. The molecule has 1 N–H and O–H groups in total. The number of anilines is 1. The Balaban J connectivity index is 1.57. The number of fused-ring (bicyclic) bond motifs is 1. The molecule has 194 valence electrons. The van der Waals surface area contributed by atoms with Crippen molar-refractivity contribution < 1.29 is 17.9 Å². The first kappa shape index (κ1) is 26.8. The van der Waals surface area contributed by atoms with Crippen LogP contribution >= 0.6 is 11.3 Å². The number of hydrogen-bond acceptors (Lipinski definition) is 6. The second kappa shape index (κ2) is 11.4. The second-order valence-corrected chi connectivity index (χ2v) is 12.6. The Labute approximate surface area is 222 Å². The first-order valence-corrected chi connectivity index (χ1v) is 14.4. The van der Waals surface area contributed by atoms with E-state index in [2.05, 4.69) is 10.3 Å². The smallest absolute Gasteiger partial charge is 0.261 e. The van der Waals surface area contributed by atoms with Gasteiger partial charge in [0.1, 0.15) is 11.5 Å². The summed E-state index contributed by atoms with van der Waals surface area (Å²) in [6.45, 7) is 8.93. The van der Waals surface area contributed by atoms with Crippen LogP contribution in [0.2, 0.25) is 0 Å². The molecule has 0 saturated heterocycles. The molecule has 1 aromatic heterocycles. The SMILES string of the molecule is CC(C)CN(CC(C)C)S(=O)(=O)c1ccc2nc(NC(=O)c3ccccc3Oc3ccccc3)sc2c1. The monoisotopic (exact) mass is 537 g/mol. The Morgan fingerprint density at radius 1 is 0.946 bits per heavy atom. The van der Waals surface area contributed by atoms with E-state index in [-0.39, 0.29) is 22.6 Å². The summed E-state index contributed by atoms with van der Waals surface area (Å²) in [7, 11) is -3.67. The summed E-state index contributed by atoms with van der Waals surface area (Å²) >= 11 is 1.23. The Bertz CT molecular complexity index is 1470. The van der Waals surface area contributed by atoms with Gasteiger partial charge in [-0.05, 0) is 54.3 Å². The van der Waals surface area contributed by atoms with Gasteiger partial charge in [-0.3, -0.25) is 10.1 Å². The Morgan fingerprint density at radius 2 is 1.59 bits per heavy atom. The van der Waals surface area contributed by atoms with Gasteiger partial charge in [0.05, 0.1) is 20.7 Å². The third kappa shape index (κ3) is 6.54. The van der Waals surface area contributed by atoms with Gasteiger partial charge in [-0.1, -0.05) is 69.4 Å². The molecule has 1 heterocycles. The van der Waals surface area contributed by atoms with E-state index in [0.29, 0.717) is 45.5 Å². The van der Waals surface area contributed by atoms with Crippen molar-refractivity contribution >= 4 is 42.6 Å². The number of ether oxygens (including phenoxy) is 1. The van der Waals surface area contributed by atoms with Crippen LogP contribution in [-0.2, 0) is 10.0 Å². The van der Waals surface area contributed by atoms with Crippen LogP contribution in [0.5, 0.6) is 11.5 Å². The van der Waals surface area contributed by atoms with Crippen LogP contribution in [0, 0.1) is 11.8 Å². The van der Waals surface area contributed by atoms with Gasteiger partial charge in [0.15, 0.2) is 5.13 Å². The molecule has 0 radical (unpaired) electrons. The average molecular weight is 538 g/mol. The lowest BCUT2D eigenvalue weighted by atomic mass is 10.2. The van der Waals surface area contributed by atoms with E-state index in [0.717, 1.165) is 0 Å². The molecule has 0 fully saturated rings. The van der Waals surface area contributed by atoms with Crippen LogP contribution in [0.15, 0.2) is 77.7 Å². The lowest BCUT2D eigenvalue weighted by molar-refractivity contribution is 0.102. The maximum Gasteiger partial charge on any atom is 0.261 e. The van der Waals surface area contributed by atoms with Gasteiger partial charge in [-0.25, -0.2) is 13.4 Å². The summed E-state index contributed by atoms with van der Waals surface area (Å²) in [4.78, 5) is 17.8. The molecule has 3 aromatic carbocycles. The lowest BCUT2D eigenvalue weighted by Gasteiger charge is -2.25. The minimum atomic E-state index is -3.67. The molecule has 4 rings (SSSR count). The van der Waals surface area contributed by atoms with Crippen molar-refractivity contribution in [3.8, 4) is 11.5 Å². The Hall–Kier alpha value is -3.27. The molecule has 0 bridgehead atoms. The number of carbonyl (C=O) groups excluding carboxylic acids is 1. The van der Waals surface area contributed by atoms with Gasteiger partial charge >= 0.3 is 0 Å². The number of amides is 1. The van der Waals surface area contributed by atoms with Crippen molar-refractivity contribution in [2.75, 3.05) is 18.4 Å². The van der Waals surface area contributed by atoms with E-state index in [1.165, 1.54) is 11.3 Å². The number of sulfonamides is 1. The van der Waals surface area contributed by atoms with E-state index >= 15 is 0 Å². The van der Waals surface area contributed by atoms with Gasteiger partial charge in [-0.2, -0.15) is 4.31 Å². The fraction of sp³-hybridized carbons (Fsp3) is 0.286. The normalized spacial score (nSPS) is 12.0. The molecule has 0 atom stereocenters. The van der Waals surface area contributed by atoms with E-state index in [4.69, 9.17) is 4.74 Å². The summed E-state index contributed by atoms with van der Waals surface area (Å²) in [5.41, 5.74) is 0.985. The quantitative estimate of drug-likeness (QED) is 0.245. The third-order valence-corrected chi connectivity index (χ3v) is 8.22. The predicted molar refractivity (Wildman–Crippen MR) is 149 cm³/mol. The fourth-order valence-electron chi connectivity index (χ4n) is 3.88. The molecule has 1 amide bonds. The lowest BCUT2D eigenvalue weighted by Crippen LogP contribution is -2.37. The van der Waals surface area contributed by atoms with Crippen LogP contribution in [0.1, 0.15) is 38.1 Å². The summed E-state index contributed by atoms with van der Waals surface area (Å²) in [5, 5.41) is 3.22. The summed E-state index contributed by atoms with van der Waals surface area (Å²) in [6, 6.07) is 21.1. The summed E-state index contributed by atoms with van der Waals surface area (Å²) in [6.07, 6.45) is 0. The predicted octanol–water partition coefficient (Wildman–Crippen LogP) is 6.64. The maximum absolute atomic E-state index is 13.4. The van der Waals surface area contributed by atoms with Gasteiger partial charge in [0.2, 0.25) is 10.0 Å². The number of hydrogen-bond donors (Lipinski definition) is 1. The second-order valence-electron chi connectivity index (χ2n) is 9.62. The van der Waals surface area contributed by atoms with E-state index in [1.807, 2.05) is 58.0 Å². The largest absolute Gasteiger partial charge is 0.457 e. The number of thiazole rings is 1. The van der Waals surface area contributed by atoms with Crippen molar-refractivity contribution in [1.29, 1.82) is 0 Å². The highest BCUT2D eigenvalue weighted by Crippen LogP contribution is 2.31. The molecule has 7 nitrogen and oxygen atoms in total. The zero-order valence-corrected chi connectivity index (χ0v) is 23.0. The summed E-state index contributed by atoms with van der Waals surface area (Å²) < 4.78 is 35.0. The van der Waals surface area contributed by atoms with Crippen molar-refractivity contribution in [3.05, 3.63) is 78.4 Å². The van der Waals surface area contributed by atoms with E-state index < -0.39 is 10.0 Å². The molecule has 9 heteroatoms. The molecule has 0 aliphatic rings. The molecule has 0 aliphatic carbocycles. The maximum atomic E-state index is 13.4. The van der Waals surface area contributed by atoms with E-state index in [9.17, 15) is 13.2 Å². The van der Waals surface area contributed by atoms with Gasteiger partial charge in [-0.15, -0.1) is 0 Å². The molecule has 4 aromatic rings.